The van der Waals surface area contributed by atoms with Gasteiger partial charge in [-0.25, -0.2) is 0 Å². The van der Waals surface area contributed by atoms with E-state index in [1.807, 2.05) is 6.92 Å². The molecule has 1 N–H and O–H groups in total. The maximum absolute atomic E-state index is 12.2. The maximum atomic E-state index is 12.2. The SMILES string of the molecule is CC(C)(C)OC(=O)CNC(=O)[C@H]1CS[C@]2(C)CCC(=O)N12. The van der Waals surface area contributed by atoms with Gasteiger partial charge in [-0.05, 0) is 34.1 Å². The van der Waals surface area contributed by atoms with Gasteiger partial charge in [0.15, 0.2) is 0 Å². The Bertz CT molecular complexity index is 474. The van der Waals surface area contributed by atoms with E-state index in [-0.39, 0.29) is 23.2 Å². The van der Waals surface area contributed by atoms with Crippen molar-refractivity contribution in [3.8, 4) is 0 Å². The van der Waals surface area contributed by atoms with E-state index in [1.54, 1.807) is 37.4 Å². The van der Waals surface area contributed by atoms with Crippen LogP contribution >= 0.6 is 11.8 Å². The van der Waals surface area contributed by atoms with E-state index in [4.69, 9.17) is 4.74 Å². The van der Waals surface area contributed by atoms with Gasteiger partial charge in [0.1, 0.15) is 18.2 Å². The van der Waals surface area contributed by atoms with Crippen molar-refractivity contribution in [2.45, 2.75) is 57.1 Å². The van der Waals surface area contributed by atoms with E-state index in [9.17, 15) is 14.4 Å². The number of hydrogen-bond acceptors (Lipinski definition) is 5. The van der Waals surface area contributed by atoms with Gasteiger partial charge in [-0.2, -0.15) is 0 Å². The lowest BCUT2D eigenvalue weighted by Gasteiger charge is -2.29. The van der Waals surface area contributed by atoms with Crippen LogP contribution in [0.2, 0.25) is 0 Å². The first kappa shape index (κ1) is 16.1. The highest BCUT2D eigenvalue weighted by Crippen LogP contribution is 2.47. The summed E-state index contributed by atoms with van der Waals surface area (Å²) in [4.78, 5) is 37.2. The Kier molecular flexibility index (Phi) is 4.24. The molecule has 2 atom stereocenters. The quantitative estimate of drug-likeness (QED) is 0.783. The molecule has 2 aliphatic rings. The van der Waals surface area contributed by atoms with Crippen molar-refractivity contribution < 1.29 is 19.1 Å². The number of ether oxygens (including phenoxy) is 1. The maximum Gasteiger partial charge on any atom is 0.325 e. The van der Waals surface area contributed by atoms with Crippen LogP contribution in [0.1, 0.15) is 40.5 Å². The van der Waals surface area contributed by atoms with Crippen LogP contribution in [0, 0.1) is 0 Å². The van der Waals surface area contributed by atoms with Crippen molar-refractivity contribution in [1.29, 1.82) is 0 Å². The van der Waals surface area contributed by atoms with Gasteiger partial charge in [0.25, 0.3) is 0 Å². The zero-order chi connectivity index (χ0) is 15.8. The Morgan fingerprint density at radius 2 is 2.14 bits per heavy atom. The molecule has 2 fully saturated rings. The normalized spacial score (nSPS) is 28.5. The van der Waals surface area contributed by atoms with Crippen molar-refractivity contribution in [2.75, 3.05) is 12.3 Å². The largest absolute Gasteiger partial charge is 0.459 e. The minimum atomic E-state index is -0.575. The average molecular weight is 314 g/mol. The molecule has 0 spiro atoms. The molecule has 2 saturated heterocycles. The summed E-state index contributed by atoms with van der Waals surface area (Å²) in [7, 11) is 0. The summed E-state index contributed by atoms with van der Waals surface area (Å²) < 4.78 is 5.14. The first-order valence-corrected chi connectivity index (χ1v) is 8.07. The predicted molar refractivity (Wildman–Crippen MR) is 79.6 cm³/mol. The summed E-state index contributed by atoms with van der Waals surface area (Å²) in [5, 5.41) is 2.58. The molecule has 0 aromatic rings. The molecule has 0 radical (unpaired) electrons. The lowest BCUT2D eigenvalue weighted by Crippen LogP contribution is -2.51. The summed E-state index contributed by atoms with van der Waals surface area (Å²) in [5.41, 5.74) is -0.575. The van der Waals surface area contributed by atoms with Crippen molar-refractivity contribution >= 4 is 29.5 Å². The van der Waals surface area contributed by atoms with E-state index in [0.29, 0.717) is 12.2 Å². The standard InChI is InChI=1S/C14H22N2O4S/c1-13(2,3)20-11(18)7-15-12(19)9-8-21-14(4)6-5-10(17)16(9)14/h9H,5-8H2,1-4H3,(H,15,19)/t9-,14-/m1/s1. The number of amides is 2. The van der Waals surface area contributed by atoms with Crippen LogP contribution in [0.15, 0.2) is 0 Å². The second-order valence-electron chi connectivity index (χ2n) is 6.57. The molecule has 118 valence electrons. The fraction of sp³-hybridized carbons (Fsp3) is 0.786. The minimum absolute atomic E-state index is 0.0138. The van der Waals surface area contributed by atoms with Gasteiger partial charge < -0.3 is 15.0 Å². The monoisotopic (exact) mass is 314 g/mol. The Morgan fingerprint density at radius 1 is 1.48 bits per heavy atom. The topological polar surface area (TPSA) is 75.7 Å². The first-order valence-electron chi connectivity index (χ1n) is 7.08. The van der Waals surface area contributed by atoms with Crippen LogP contribution in [0.5, 0.6) is 0 Å². The summed E-state index contributed by atoms with van der Waals surface area (Å²) >= 11 is 1.63. The summed E-state index contributed by atoms with van der Waals surface area (Å²) in [5.74, 6) is -0.174. The zero-order valence-electron chi connectivity index (χ0n) is 12.9. The van der Waals surface area contributed by atoms with Gasteiger partial charge in [-0.15, -0.1) is 11.8 Å². The smallest absolute Gasteiger partial charge is 0.325 e. The van der Waals surface area contributed by atoms with Gasteiger partial charge in [0.05, 0.1) is 4.87 Å². The van der Waals surface area contributed by atoms with E-state index < -0.39 is 17.6 Å². The second-order valence-corrected chi connectivity index (χ2v) is 8.07. The molecule has 0 saturated carbocycles. The van der Waals surface area contributed by atoms with Gasteiger partial charge in [-0.3, -0.25) is 14.4 Å². The Balaban J connectivity index is 1.90. The van der Waals surface area contributed by atoms with Crippen molar-refractivity contribution in [1.82, 2.24) is 10.2 Å². The number of carbonyl (C=O) groups is 3. The van der Waals surface area contributed by atoms with Crippen LogP contribution in [-0.2, 0) is 19.1 Å². The van der Waals surface area contributed by atoms with Crippen LogP contribution in [0.3, 0.4) is 0 Å². The first-order chi connectivity index (χ1) is 9.62. The molecule has 2 amide bonds. The van der Waals surface area contributed by atoms with Crippen LogP contribution in [0.4, 0.5) is 0 Å². The van der Waals surface area contributed by atoms with Crippen molar-refractivity contribution in [2.24, 2.45) is 0 Å². The van der Waals surface area contributed by atoms with Crippen molar-refractivity contribution in [3.63, 3.8) is 0 Å². The van der Waals surface area contributed by atoms with E-state index >= 15 is 0 Å². The van der Waals surface area contributed by atoms with Gasteiger partial charge >= 0.3 is 5.97 Å². The number of nitrogens with one attached hydrogen (secondary N) is 1. The Labute approximate surface area is 129 Å². The molecule has 21 heavy (non-hydrogen) atoms. The highest BCUT2D eigenvalue weighted by Gasteiger charge is 2.52. The molecule has 2 heterocycles. The Morgan fingerprint density at radius 3 is 2.76 bits per heavy atom. The molecule has 0 unspecified atom stereocenters. The molecule has 0 aromatic heterocycles. The fourth-order valence-electron chi connectivity index (χ4n) is 2.67. The van der Waals surface area contributed by atoms with Crippen LogP contribution in [0.25, 0.3) is 0 Å². The highest BCUT2D eigenvalue weighted by atomic mass is 32.2. The number of esters is 1. The average Bonchev–Trinajstić information content (AvgIpc) is 2.82. The van der Waals surface area contributed by atoms with E-state index in [0.717, 1.165) is 6.42 Å². The van der Waals surface area contributed by atoms with Crippen molar-refractivity contribution in [3.05, 3.63) is 0 Å². The second kappa shape index (κ2) is 5.51. The zero-order valence-corrected chi connectivity index (χ0v) is 13.7. The molecule has 0 aliphatic carbocycles. The fourth-order valence-corrected chi connectivity index (χ4v) is 4.10. The molecule has 7 heteroatoms. The molecular formula is C14H22N2O4S. The van der Waals surface area contributed by atoms with Crippen LogP contribution in [-0.4, -0.2) is 51.5 Å². The Hall–Kier alpha value is -1.24. The van der Waals surface area contributed by atoms with Crippen LogP contribution < -0.4 is 5.32 Å². The number of nitrogens with zero attached hydrogens (tertiary/aromatic N) is 1. The molecule has 2 rings (SSSR count). The highest BCUT2D eigenvalue weighted by molar-refractivity contribution is 8.01. The molecule has 0 aromatic carbocycles. The minimum Gasteiger partial charge on any atom is -0.459 e. The van der Waals surface area contributed by atoms with E-state index in [2.05, 4.69) is 5.32 Å². The molecular weight excluding hydrogens is 292 g/mol. The number of carbonyl (C=O) groups excluding carboxylic acids is 3. The van der Waals surface area contributed by atoms with Gasteiger partial charge in [0.2, 0.25) is 11.8 Å². The molecule has 6 nitrogen and oxygen atoms in total. The summed E-state index contributed by atoms with van der Waals surface area (Å²) in [6.45, 7) is 7.14. The number of fused-ring (bicyclic) bond motifs is 1. The number of rotatable bonds is 3. The van der Waals surface area contributed by atoms with Gasteiger partial charge in [-0.1, -0.05) is 0 Å². The summed E-state index contributed by atoms with van der Waals surface area (Å²) in [6, 6.07) is -0.488. The number of thioether (sulfide) groups is 1. The lowest BCUT2D eigenvalue weighted by atomic mass is 10.2. The number of hydrogen-bond donors (Lipinski definition) is 1. The van der Waals surface area contributed by atoms with Gasteiger partial charge in [0, 0.05) is 12.2 Å². The third-order valence-corrected chi connectivity index (χ3v) is 5.08. The summed E-state index contributed by atoms with van der Waals surface area (Å²) in [6.07, 6.45) is 1.26. The lowest BCUT2D eigenvalue weighted by molar-refractivity contribution is -0.154. The molecule has 0 bridgehead atoms. The van der Waals surface area contributed by atoms with E-state index in [1.165, 1.54) is 0 Å². The predicted octanol–water partition coefficient (Wildman–Crippen LogP) is 0.898. The third-order valence-electron chi connectivity index (χ3n) is 3.57. The molecule has 2 aliphatic heterocycles. The third kappa shape index (κ3) is 3.51.